The first-order valence-corrected chi connectivity index (χ1v) is 11.1. The molecule has 0 bridgehead atoms. The number of rotatable bonds is 7. The molecule has 1 saturated heterocycles. The van der Waals surface area contributed by atoms with E-state index in [1.807, 2.05) is 19.3 Å². The number of esters is 1. The van der Waals surface area contributed by atoms with E-state index in [0.29, 0.717) is 26.3 Å². The number of carbonyl (C=O) groups excluding carboxylic acids is 4. The van der Waals surface area contributed by atoms with Crippen LogP contribution in [0.4, 0.5) is 9.59 Å². The Morgan fingerprint density at radius 1 is 1.15 bits per heavy atom. The fourth-order valence-electron chi connectivity index (χ4n) is 2.12. The molecule has 0 aromatic rings. The molecule has 33 heavy (non-hydrogen) atoms. The first-order chi connectivity index (χ1) is 15.5. The van der Waals surface area contributed by atoms with Gasteiger partial charge in [-0.25, -0.2) is 15.0 Å². The van der Waals surface area contributed by atoms with Crippen LogP contribution in [0.3, 0.4) is 0 Å². The molecule has 0 saturated carbocycles. The quantitative estimate of drug-likeness (QED) is 0.287. The normalized spacial score (nSPS) is 14.0. The van der Waals surface area contributed by atoms with E-state index in [0.717, 1.165) is 6.21 Å². The molecule has 0 unspecified atom stereocenters. The maximum atomic E-state index is 12.0. The Hall–Kier alpha value is -2.89. The third kappa shape index (κ3) is 19.5. The van der Waals surface area contributed by atoms with Crippen molar-refractivity contribution in [2.45, 2.75) is 73.0 Å². The van der Waals surface area contributed by atoms with Crippen molar-refractivity contribution >= 4 is 30.2 Å². The van der Waals surface area contributed by atoms with E-state index in [2.05, 4.69) is 24.3 Å². The third-order valence-electron chi connectivity index (χ3n) is 3.23. The fraction of sp³-hybridized carbons (Fsp3) is 0.762. The highest BCUT2D eigenvalue weighted by Crippen LogP contribution is 2.09. The molecule has 192 valence electrons. The molecule has 4 N–H and O–H groups in total. The van der Waals surface area contributed by atoms with Gasteiger partial charge in [-0.2, -0.15) is 5.10 Å². The summed E-state index contributed by atoms with van der Waals surface area (Å²) in [5, 5.41) is 5.89. The Morgan fingerprint density at radius 2 is 1.70 bits per heavy atom. The monoisotopic (exact) mass is 475 g/mol. The predicted molar refractivity (Wildman–Crippen MR) is 125 cm³/mol. The number of alkyl carbamates (subject to hydrolysis) is 1. The lowest BCUT2D eigenvalue weighted by molar-refractivity contribution is -0.155. The lowest BCUT2D eigenvalue weighted by atomic mass is 10.2. The first-order valence-electron chi connectivity index (χ1n) is 11.1. The summed E-state index contributed by atoms with van der Waals surface area (Å²) in [7, 11) is 0. The average Bonchev–Trinajstić information content (AvgIpc) is 2.73. The molecule has 12 nitrogen and oxygen atoms in total. The number of amides is 4. The number of urea groups is 1. The summed E-state index contributed by atoms with van der Waals surface area (Å²) in [6, 6.07) is -1.86. The van der Waals surface area contributed by atoms with Crippen LogP contribution in [-0.2, 0) is 23.8 Å². The number of hydrogen-bond acceptors (Lipinski definition) is 8. The van der Waals surface area contributed by atoms with Crippen LogP contribution in [0.5, 0.6) is 0 Å². The summed E-state index contributed by atoms with van der Waals surface area (Å²) >= 11 is 0. The van der Waals surface area contributed by atoms with Crippen LogP contribution in [0.25, 0.3) is 0 Å². The van der Waals surface area contributed by atoms with Gasteiger partial charge in [0.1, 0.15) is 5.60 Å². The summed E-state index contributed by atoms with van der Waals surface area (Å²) in [6.07, 6.45) is 1.15. The van der Waals surface area contributed by atoms with E-state index < -0.39 is 36.3 Å². The molecule has 0 spiro atoms. The number of nitrogens with two attached hydrogens (primary N) is 1. The van der Waals surface area contributed by atoms with Gasteiger partial charge in [-0.05, 0) is 20.8 Å². The second kappa shape index (κ2) is 18.7. The zero-order chi connectivity index (χ0) is 25.9. The molecule has 1 aliphatic rings. The molecular formula is C21H41N5O7. The second-order valence-corrected chi connectivity index (χ2v) is 7.57. The molecule has 0 aromatic heterocycles. The highest BCUT2D eigenvalue weighted by Gasteiger charge is 2.23. The van der Waals surface area contributed by atoms with E-state index in [-0.39, 0.29) is 12.3 Å². The number of nitrogens with zero attached hydrogens (tertiary/aromatic N) is 2. The zero-order valence-electron chi connectivity index (χ0n) is 20.9. The molecular weight excluding hydrogens is 434 g/mol. The number of primary amides is 1. The summed E-state index contributed by atoms with van der Waals surface area (Å²) in [4.78, 5) is 48.1. The maximum absolute atomic E-state index is 12.0. The second-order valence-electron chi connectivity index (χ2n) is 7.57. The van der Waals surface area contributed by atoms with Gasteiger partial charge >= 0.3 is 18.1 Å². The SMILES string of the molecule is CC.CC(C)(C)OC(=O)C[C@@H](/C=N/NC(N)=O)NC(=O)OCC(=O)N1CCOCC1.CCC. The third-order valence-corrected chi connectivity index (χ3v) is 3.23. The minimum absolute atomic E-state index is 0.270. The Balaban J connectivity index is 0. The van der Waals surface area contributed by atoms with Crippen LogP contribution in [0.1, 0.15) is 61.3 Å². The molecule has 1 atom stereocenters. The first kappa shape index (κ1) is 32.3. The molecule has 1 aliphatic heterocycles. The van der Waals surface area contributed by atoms with Gasteiger partial charge in [0.25, 0.3) is 5.91 Å². The minimum Gasteiger partial charge on any atom is -0.460 e. The molecule has 12 heteroatoms. The van der Waals surface area contributed by atoms with E-state index in [4.69, 9.17) is 19.9 Å². The van der Waals surface area contributed by atoms with Crippen molar-refractivity contribution in [1.82, 2.24) is 15.6 Å². The van der Waals surface area contributed by atoms with Crippen LogP contribution < -0.4 is 16.5 Å². The van der Waals surface area contributed by atoms with E-state index >= 15 is 0 Å². The van der Waals surface area contributed by atoms with Crippen molar-refractivity contribution in [3.8, 4) is 0 Å². The van der Waals surface area contributed by atoms with Gasteiger partial charge in [-0.15, -0.1) is 0 Å². The number of nitrogens with one attached hydrogen (secondary N) is 2. The minimum atomic E-state index is -0.951. The number of ether oxygens (including phenoxy) is 3. The smallest absolute Gasteiger partial charge is 0.408 e. The van der Waals surface area contributed by atoms with Gasteiger partial charge < -0.3 is 30.2 Å². The van der Waals surface area contributed by atoms with Gasteiger partial charge in [0.2, 0.25) is 0 Å². The number of hydrazone groups is 1. The molecule has 1 rings (SSSR count). The lowest BCUT2D eigenvalue weighted by Gasteiger charge is -2.26. The Kier molecular flexibility index (Phi) is 18.3. The van der Waals surface area contributed by atoms with Crippen LogP contribution in [0.15, 0.2) is 5.10 Å². The summed E-state index contributed by atoms with van der Waals surface area (Å²) in [5.74, 6) is -0.959. The van der Waals surface area contributed by atoms with Crippen molar-refractivity contribution in [1.29, 1.82) is 0 Å². The van der Waals surface area contributed by atoms with E-state index in [1.54, 1.807) is 20.8 Å². The van der Waals surface area contributed by atoms with Gasteiger partial charge in [-0.1, -0.05) is 34.1 Å². The van der Waals surface area contributed by atoms with Crippen molar-refractivity contribution < 1.29 is 33.4 Å². The maximum Gasteiger partial charge on any atom is 0.408 e. The van der Waals surface area contributed by atoms with Crippen LogP contribution in [0.2, 0.25) is 0 Å². The largest absolute Gasteiger partial charge is 0.460 e. The molecule has 1 fully saturated rings. The summed E-state index contributed by atoms with van der Waals surface area (Å²) in [5.41, 5.74) is 6.14. The zero-order valence-corrected chi connectivity index (χ0v) is 20.9. The van der Waals surface area contributed by atoms with E-state index in [1.165, 1.54) is 11.3 Å². The van der Waals surface area contributed by atoms with Crippen molar-refractivity contribution in [3.63, 3.8) is 0 Å². The summed E-state index contributed by atoms with van der Waals surface area (Å²) < 4.78 is 15.2. The van der Waals surface area contributed by atoms with Gasteiger partial charge in [0.05, 0.1) is 25.7 Å². The highest BCUT2D eigenvalue weighted by atomic mass is 16.6. The number of carbonyl (C=O) groups is 4. The molecule has 0 aliphatic carbocycles. The van der Waals surface area contributed by atoms with Crippen LogP contribution in [-0.4, -0.2) is 79.7 Å². The highest BCUT2D eigenvalue weighted by molar-refractivity contribution is 5.84. The lowest BCUT2D eigenvalue weighted by Crippen LogP contribution is -2.44. The summed E-state index contributed by atoms with van der Waals surface area (Å²) in [6.45, 7) is 14.6. The Bertz CT molecular complexity index is 615. The van der Waals surface area contributed by atoms with Gasteiger partial charge in [0, 0.05) is 19.3 Å². The Morgan fingerprint density at radius 3 is 2.18 bits per heavy atom. The van der Waals surface area contributed by atoms with Crippen molar-refractivity contribution in [2.24, 2.45) is 10.8 Å². The molecule has 0 radical (unpaired) electrons. The fourth-order valence-corrected chi connectivity index (χ4v) is 2.12. The van der Waals surface area contributed by atoms with Gasteiger partial charge in [-0.3, -0.25) is 9.59 Å². The van der Waals surface area contributed by atoms with E-state index in [9.17, 15) is 19.2 Å². The predicted octanol–water partition coefficient (Wildman–Crippen LogP) is 1.77. The average molecular weight is 476 g/mol. The number of morpholine rings is 1. The van der Waals surface area contributed by atoms with Crippen molar-refractivity contribution in [2.75, 3.05) is 32.9 Å². The van der Waals surface area contributed by atoms with Crippen LogP contribution in [0, 0.1) is 0 Å². The Labute approximate surface area is 196 Å². The van der Waals surface area contributed by atoms with Gasteiger partial charge in [0.15, 0.2) is 6.61 Å². The molecule has 4 amide bonds. The van der Waals surface area contributed by atoms with Crippen LogP contribution >= 0.6 is 0 Å². The number of hydrogen-bond donors (Lipinski definition) is 3. The standard InChI is InChI=1S/C16H27N5O7.C3H8.C2H6/c1-16(2,3)28-13(23)8-11(9-18-20-14(17)24)19-15(25)27-10-12(22)21-4-6-26-7-5-21;1-3-2;1-2/h9,11H,4-8,10H2,1-3H3,(H,19,25)(H3,17,20,24);3H2,1-2H3;1-2H3/b18-9+;;/t11-;;/m0../s1. The topological polar surface area (TPSA) is 162 Å². The molecule has 1 heterocycles. The van der Waals surface area contributed by atoms with Crippen molar-refractivity contribution in [3.05, 3.63) is 0 Å². The molecule has 0 aromatic carbocycles.